The Hall–Kier alpha value is -2.23. The molecule has 0 rings (SSSR count). The van der Waals surface area contributed by atoms with E-state index in [1.54, 1.807) is 0 Å². The summed E-state index contributed by atoms with van der Waals surface area (Å²) in [4.78, 5) is 31.7. The lowest BCUT2D eigenvalue weighted by Crippen LogP contribution is -2.47. The maximum atomic E-state index is 10.9. The third kappa shape index (κ3) is 5.93. The minimum absolute atomic E-state index is 0.0642. The van der Waals surface area contributed by atoms with E-state index < -0.39 is 30.4 Å². The van der Waals surface area contributed by atoms with Gasteiger partial charge in [-0.25, -0.2) is 9.59 Å². The fourth-order valence-corrected chi connectivity index (χ4v) is 0.715. The number of carbonyl (C=O) groups is 3. The predicted molar refractivity (Wildman–Crippen MR) is 49.0 cm³/mol. The highest BCUT2D eigenvalue weighted by atomic mass is 16.4. The smallest absolute Gasteiger partial charge is 0.326 e. The molecule has 0 saturated heterocycles. The van der Waals surface area contributed by atoms with E-state index in [0.29, 0.717) is 0 Å². The molecule has 0 fully saturated rings. The van der Waals surface area contributed by atoms with Crippen molar-refractivity contribution in [2.24, 2.45) is 0 Å². The molecule has 0 radical (unpaired) electrons. The summed E-state index contributed by atoms with van der Waals surface area (Å²) in [7, 11) is 0. The molecule has 4 N–H and O–H groups in total. The van der Waals surface area contributed by atoms with Crippen LogP contribution < -0.4 is 10.6 Å². The van der Waals surface area contributed by atoms with Crippen LogP contribution in [0.2, 0.25) is 0 Å². The molecule has 0 bridgehead atoms. The molecule has 0 unspecified atom stereocenters. The van der Waals surface area contributed by atoms with Crippen LogP contribution in [0.4, 0.5) is 4.79 Å². The highest BCUT2D eigenvalue weighted by Gasteiger charge is 2.22. The Balaban J connectivity index is 4.17. The predicted octanol–water partition coefficient (Wildman–Crippen LogP) is -1.15. The first kappa shape index (κ1) is 12.8. The molecule has 82 valence electrons. The average molecular weight is 214 g/mol. The number of aliphatic carboxylic acids is 2. The van der Waals surface area contributed by atoms with E-state index in [1.165, 1.54) is 0 Å². The lowest BCUT2D eigenvalue weighted by Gasteiger charge is -2.11. The Kier molecular flexibility index (Phi) is 5.33. The van der Waals surface area contributed by atoms with Crippen LogP contribution in [0.1, 0.15) is 6.42 Å². The van der Waals surface area contributed by atoms with Crippen molar-refractivity contribution in [2.45, 2.75) is 12.5 Å². The van der Waals surface area contributed by atoms with Crippen molar-refractivity contribution < 1.29 is 24.6 Å². The summed E-state index contributed by atoms with van der Waals surface area (Å²) < 4.78 is 0. The number of carbonyl (C=O) groups excluding carboxylic acids is 1. The van der Waals surface area contributed by atoms with Gasteiger partial charge in [-0.2, -0.15) is 0 Å². The van der Waals surface area contributed by atoms with E-state index in [0.717, 1.165) is 0 Å². The number of hydrogen-bond donors (Lipinski definition) is 4. The lowest BCUT2D eigenvalue weighted by atomic mass is 10.2. The number of nitrogens with one attached hydrogen (secondary N) is 2. The molecule has 0 aromatic heterocycles. The molecule has 0 aliphatic carbocycles. The molecule has 0 spiro atoms. The van der Waals surface area contributed by atoms with E-state index in [-0.39, 0.29) is 6.54 Å². The van der Waals surface area contributed by atoms with Crippen LogP contribution in [-0.4, -0.2) is 40.8 Å². The van der Waals surface area contributed by atoms with Gasteiger partial charge in [0.15, 0.2) is 0 Å². The summed E-state index contributed by atoms with van der Waals surface area (Å²) in [6.07, 6.45) is 4.15. The molecule has 0 aliphatic rings. The Morgan fingerprint density at radius 3 is 2.33 bits per heavy atom. The topological polar surface area (TPSA) is 116 Å². The summed E-state index contributed by atoms with van der Waals surface area (Å²) >= 11 is 0. The van der Waals surface area contributed by atoms with Crippen molar-refractivity contribution in [1.82, 2.24) is 10.6 Å². The van der Waals surface area contributed by atoms with Crippen LogP contribution in [0.3, 0.4) is 0 Å². The van der Waals surface area contributed by atoms with Gasteiger partial charge < -0.3 is 20.8 Å². The second kappa shape index (κ2) is 6.26. The summed E-state index contributed by atoms with van der Waals surface area (Å²) in [6.45, 7) is -0.0642. The molecular weight excluding hydrogens is 204 g/mol. The van der Waals surface area contributed by atoms with Crippen molar-refractivity contribution >= 4 is 18.0 Å². The SMILES string of the molecule is C#CCNC(=O)N[C@H](CC(=O)O)C(=O)O. The van der Waals surface area contributed by atoms with Crippen molar-refractivity contribution in [2.75, 3.05) is 6.54 Å². The summed E-state index contributed by atoms with van der Waals surface area (Å²) in [6, 6.07) is -2.29. The van der Waals surface area contributed by atoms with Gasteiger partial charge in [0.05, 0.1) is 13.0 Å². The van der Waals surface area contributed by atoms with Gasteiger partial charge in [-0.1, -0.05) is 5.92 Å². The highest BCUT2D eigenvalue weighted by Crippen LogP contribution is 1.92. The molecule has 7 nitrogen and oxygen atoms in total. The zero-order valence-corrected chi connectivity index (χ0v) is 7.69. The van der Waals surface area contributed by atoms with Crippen LogP contribution in [0.25, 0.3) is 0 Å². The van der Waals surface area contributed by atoms with Crippen LogP contribution in [0.15, 0.2) is 0 Å². The van der Waals surface area contributed by atoms with Gasteiger partial charge in [-0.05, 0) is 0 Å². The average Bonchev–Trinajstić information content (AvgIpc) is 2.12. The first-order chi connectivity index (χ1) is 6.97. The van der Waals surface area contributed by atoms with Gasteiger partial charge >= 0.3 is 18.0 Å². The maximum Gasteiger partial charge on any atom is 0.326 e. The van der Waals surface area contributed by atoms with Gasteiger partial charge in [0, 0.05) is 0 Å². The Bertz CT molecular complexity index is 307. The first-order valence-corrected chi connectivity index (χ1v) is 3.89. The maximum absolute atomic E-state index is 10.9. The zero-order chi connectivity index (χ0) is 11.8. The third-order valence-electron chi connectivity index (χ3n) is 1.33. The normalized spacial score (nSPS) is 10.9. The Labute approximate surface area is 85.5 Å². The van der Waals surface area contributed by atoms with Gasteiger partial charge in [-0.15, -0.1) is 6.42 Å². The van der Waals surface area contributed by atoms with E-state index in [4.69, 9.17) is 16.6 Å². The number of carboxylic acids is 2. The number of carboxylic acid groups (broad SMARTS) is 2. The van der Waals surface area contributed by atoms with Gasteiger partial charge in [-0.3, -0.25) is 4.79 Å². The molecule has 2 amide bonds. The summed E-state index contributed by atoms with van der Waals surface area (Å²) in [5.41, 5.74) is 0. The van der Waals surface area contributed by atoms with Gasteiger partial charge in [0.25, 0.3) is 0 Å². The number of hydrogen-bond acceptors (Lipinski definition) is 3. The van der Waals surface area contributed by atoms with Gasteiger partial charge in [0.1, 0.15) is 6.04 Å². The summed E-state index contributed by atoms with van der Waals surface area (Å²) in [5, 5.41) is 21.0. The summed E-state index contributed by atoms with van der Waals surface area (Å²) in [5.74, 6) is -0.637. The fraction of sp³-hybridized carbons (Fsp3) is 0.375. The van der Waals surface area contributed by atoms with Crippen molar-refractivity contribution in [1.29, 1.82) is 0 Å². The van der Waals surface area contributed by atoms with Crippen LogP contribution >= 0.6 is 0 Å². The third-order valence-corrected chi connectivity index (χ3v) is 1.33. The molecule has 15 heavy (non-hydrogen) atoms. The second-order valence-electron chi connectivity index (χ2n) is 2.52. The molecule has 7 heteroatoms. The Morgan fingerprint density at radius 2 is 1.93 bits per heavy atom. The van der Waals surface area contributed by atoms with E-state index in [9.17, 15) is 14.4 Å². The highest BCUT2D eigenvalue weighted by molar-refractivity contribution is 5.86. The molecule has 0 aliphatic heterocycles. The second-order valence-corrected chi connectivity index (χ2v) is 2.52. The standard InChI is InChI=1S/C8H10N2O5/c1-2-3-9-8(15)10-5(7(13)14)4-6(11)12/h1,5H,3-4H2,(H,11,12)(H,13,14)(H2,9,10,15)/t5-/m1/s1. The lowest BCUT2D eigenvalue weighted by molar-refractivity contribution is -0.145. The number of terminal acetylenes is 1. The minimum atomic E-state index is -1.47. The van der Waals surface area contributed by atoms with Crippen LogP contribution in [0, 0.1) is 12.3 Å². The van der Waals surface area contributed by atoms with E-state index in [1.807, 2.05) is 5.32 Å². The number of rotatable bonds is 5. The monoisotopic (exact) mass is 214 g/mol. The minimum Gasteiger partial charge on any atom is -0.481 e. The molecule has 1 atom stereocenters. The quantitative estimate of drug-likeness (QED) is 0.431. The molecule has 0 aromatic carbocycles. The van der Waals surface area contributed by atoms with Crippen molar-refractivity contribution in [3.05, 3.63) is 0 Å². The van der Waals surface area contributed by atoms with E-state index in [2.05, 4.69) is 11.2 Å². The zero-order valence-electron chi connectivity index (χ0n) is 7.69. The van der Waals surface area contributed by atoms with Crippen LogP contribution in [0.5, 0.6) is 0 Å². The van der Waals surface area contributed by atoms with Crippen LogP contribution in [-0.2, 0) is 9.59 Å². The fourth-order valence-electron chi connectivity index (χ4n) is 0.715. The molecular formula is C8H10N2O5. The molecule has 0 saturated carbocycles. The van der Waals surface area contributed by atoms with Crippen molar-refractivity contribution in [3.63, 3.8) is 0 Å². The van der Waals surface area contributed by atoms with Crippen molar-refractivity contribution in [3.8, 4) is 12.3 Å². The van der Waals surface area contributed by atoms with E-state index >= 15 is 0 Å². The molecule has 0 heterocycles. The number of amides is 2. The number of urea groups is 1. The first-order valence-electron chi connectivity index (χ1n) is 3.89. The van der Waals surface area contributed by atoms with Gasteiger partial charge in [0.2, 0.25) is 0 Å². The Morgan fingerprint density at radius 1 is 1.33 bits per heavy atom. The molecule has 0 aromatic rings. The largest absolute Gasteiger partial charge is 0.481 e.